The minimum Gasteiger partial charge on any atom is -0.354 e. The monoisotopic (exact) mass is 446 g/mol. The number of alkyl halides is 3. The molecule has 2 rings (SSSR count). The van der Waals surface area contributed by atoms with Gasteiger partial charge >= 0.3 is 6.18 Å². The molecule has 0 fully saturated rings. The number of carbonyl (C=O) groups excluding carboxylic acids is 1. The van der Waals surface area contributed by atoms with Crippen LogP contribution in [0.1, 0.15) is 25.0 Å². The number of hydrogen-bond donors (Lipinski definition) is 1. The zero-order valence-corrected chi connectivity index (χ0v) is 17.7. The van der Waals surface area contributed by atoms with Crippen LogP contribution in [0.5, 0.6) is 0 Å². The van der Waals surface area contributed by atoms with E-state index >= 15 is 0 Å². The topological polar surface area (TPSA) is 76.1 Å². The number of nitrogens with zero attached hydrogens (tertiary/aromatic N) is 1. The second-order valence-corrected chi connectivity index (χ2v) is 10.4. The maximum absolute atomic E-state index is 12.7. The van der Waals surface area contributed by atoms with Crippen LogP contribution in [0.15, 0.2) is 52.5 Å². The SMILES string of the molecule is Cc1ccc(SCCNC(=O)C(C)(C)S(=O)(=O)c2ccc(C(F)(F)F)cn2)cc1. The third-order valence-corrected chi connectivity index (χ3v) is 7.57. The second-order valence-electron chi connectivity index (χ2n) is 6.81. The zero-order chi connectivity index (χ0) is 21.9. The Kier molecular flexibility index (Phi) is 7.00. The molecular weight excluding hydrogens is 425 g/mol. The Labute approximate surface area is 172 Å². The Balaban J connectivity index is 2.01. The molecule has 0 spiro atoms. The van der Waals surface area contributed by atoms with E-state index in [2.05, 4.69) is 10.3 Å². The quantitative estimate of drug-likeness (QED) is 0.516. The highest BCUT2D eigenvalue weighted by atomic mass is 32.2. The predicted molar refractivity (Wildman–Crippen MR) is 105 cm³/mol. The molecule has 0 aliphatic heterocycles. The second kappa shape index (κ2) is 8.74. The summed E-state index contributed by atoms with van der Waals surface area (Å²) >= 11 is 1.51. The Bertz CT molecular complexity index is 956. The van der Waals surface area contributed by atoms with Gasteiger partial charge in [-0.25, -0.2) is 13.4 Å². The first kappa shape index (κ1) is 23.2. The summed E-state index contributed by atoms with van der Waals surface area (Å²) in [5.41, 5.74) is 0.0679. The molecule has 1 N–H and O–H groups in total. The lowest BCUT2D eigenvalue weighted by atomic mass is 10.2. The van der Waals surface area contributed by atoms with E-state index in [-0.39, 0.29) is 6.54 Å². The molecule has 0 saturated heterocycles. The summed E-state index contributed by atoms with van der Waals surface area (Å²) in [4.78, 5) is 16.9. The lowest BCUT2D eigenvalue weighted by Crippen LogP contribution is -2.48. The van der Waals surface area contributed by atoms with Crippen LogP contribution >= 0.6 is 11.8 Å². The Morgan fingerprint density at radius 1 is 1.10 bits per heavy atom. The molecule has 1 aromatic heterocycles. The third-order valence-electron chi connectivity index (χ3n) is 4.23. The summed E-state index contributed by atoms with van der Waals surface area (Å²) in [5.74, 6) is -0.215. The number of pyridine rings is 1. The molecule has 0 unspecified atom stereocenters. The van der Waals surface area contributed by atoms with Gasteiger partial charge in [-0.15, -0.1) is 11.8 Å². The van der Waals surface area contributed by atoms with Gasteiger partial charge in [0.1, 0.15) is 0 Å². The highest BCUT2D eigenvalue weighted by molar-refractivity contribution is 7.99. The van der Waals surface area contributed by atoms with Crippen molar-refractivity contribution < 1.29 is 26.4 Å². The molecule has 0 saturated carbocycles. The van der Waals surface area contributed by atoms with Gasteiger partial charge in [-0.1, -0.05) is 17.7 Å². The first-order chi connectivity index (χ1) is 13.4. The lowest BCUT2D eigenvalue weighted by Gasteiger charge is -2.23. The molecule has 0 aliphatic carbocycles. The van der Waals surface area contributed by atoms with Crippen molar-refractivity contribution >= 4 is 27.5 Å². The molecule has 2 aromatic rings. The van der Waals surface area contributed by atoms with Crippen molar-refractivity contribution in [2.75, 3.05) is 12.3 Å². The minimum atomic E-state index is -4.63. The summed E-state index contributed by atoms with van der Waals surface area (Å²) in [6.45, 7) is 4.60. The number of aromatic nitrogens is 1. The molecule has 5 nitrogen and oxygen atoms in total. The van der Waals surface area contributed by atoms with Crippen LogP contribution < -0.4 is 5.32 Å². The molecule has 0 radical (unpaired) electrons. The average Bonchev–Trinajstić information content (AvgIpc) is 2.65. The van der Waals surface area contributed by atoms with Gasteiger partial charge in [0.05, 0.1) is 5.56 Å². The molecule has 1 amide bonds. The molecule has 1 aromatic carbocycles. The molecule has 1 heterocycles. The molecule has 0 bridgehead atoms. The van der Waals surface area contributed by atoms with Gasteiger partial charge in [0, 0.05) is 23.4 Å². The highest BCUT2D eigenvalue weighted by Gasteiger charge is 2.44. The number of carbonyl (C=O) groups is 1. The number of rotatable bonds is 7. The normalized spacial score (nSPS) is 12.6. The van der Waals surface area contributed by atoms with E-state index < -0.39 is 37.3 Å². The molecule has 10 heteroatoms. The molecular formula is C19H21F3N2O3S2. The van der Waals surface area contributed by atoms with Crippen LogP contribution in [0.25, 0.3) is 0 Å². The van der Waals surface area contributed by atoms with Crippen molar-refractivity contribution in [2.45, 2.75) is 41.6 Å². The number of thioether (sulfide) groups is 1. The van der Waals surface area contributed by atoms with Gasteiger partial charge in [-0.2, -0.15) is 13.2 Å². The van der Waals surface area contributed by atoms with Crippen LogP contribution in [-0.2, 0) is 20.8 Å². The van der Waals surface area contributed by atoms with E-state index in [1.165, 1.54) is 25.6 Å². The number of nitrogens with one attached hydrogen (secondary N) is 1. The predicted octanol–water partition coefficient (Wildman–Crippen LogP) is 3.87. The smallest absolute Gasteiger partial charge is 0.354 e. The molecule has 158 valence electrons. The average molecular weight is 447 g/mol. The van der Waals surface area contributed by atoms with E-state index in [1.807, 2.05) is 31.2 Å². The van der Waals surface area contributed by atoms with E-state index in [9.17, 15) is 26.4 Å². The lowest BCUT2D eigenvalue weighted by molar-refractivity contribution is -0.137. The fourth-order valence-corrected chi connectivity index (χ4v) is 4.32. The minimum absolute atomic E-state index is 0.233. The van der Waals surface area contributed by atoms with E-state index in [0.717, 1.165) is 16.5 Å². The van der Waals surface area contributed by atoms with E-state index in [1.54, 1.807) is 0 Å². The van der Waals surface area contributed by atoms with Crippen molar-refractivity contribution in [1.29, 1.82) is 0 Å². The molecule has 29 heavy (non-hydrogen) atoms. The fourth-order valence-electron chi connectivity index (χ4n) is 2.27. The zero-order valence-electron chi connectivity index (χ0n) is 16.1. The van der Waals surface area contributed by atoms with Gasteiger partial charge in [0.15, 0.2) is 9.77 Å². The van der Waals surface area contributed by atoms with E-state index in [0.29, 0.717) is 18.0 Å². The Morgan fingerprint density at radius 3 is 2.24 bits per heavy atom. The Hall–Kier alpha value is -2.07. The number of aryl methyl sites for hydroxylation is 1. The van der Waals surface area contributed by atoms with Gasteiger partial charge in [0.25, 0.3) is 0 Å². The maximum atomic E-state index is 12.7. The van der Waals surface area contributed by atoms with Crippen LogP contribution in [0, 0.1) is 6.92 Å². The van der Waals surface area contributed by atoms with Crippen molar-refractivity contribution in [3.8, 4) is 0 Å². The summed E-state index contributed by atoms with van der Waals surface area (Å²) in [6.07, 6.45) is -4.18. The van der Waals surface area contributed by atoms with Gasteiger partial charge in [0.2, 0.25) is 15.7 Å². The third kappa shape index (κ3) is 5.51. The standard InChI is InChI=1S/C19H21F3N2O3S2/c1-13-4-7-15(8-5-13)28-11-10-23-17(25)18(2,3)29(26,27)16-9-6-14(12-24-16)19(20,21)22/h4-9,12H,10-11H2,1-3H3,(H,23,25). The van der Waals surface area contributed by atoms with Crippen LogP contribution in [-0.4, -0.2) is 36.4 Å². The van der Waals surface area contributed by atoms with Crippen molar-refractivity contribution in [1.82, 2.24) is 10.3 Å². The van der Waals surface area contributed by atoms with Crippen LogP contribution in [0.2, 0.25) is 0 Å². The summed E-state index contributed by atoms with van der Waals surface area (Å²) in [5, 5.41) is 1.99. The van der Waals surface area contributed by atoms with Gasteiger partial charge < -0.3 is 5.32 Å². The highest BCUT2D eigenvalue weighted by Crippen LogP contribution is 2.30. The number of sulfone groups is 1. The van der Waals surface area contributed by atoms with Crippen molar-refractivity contribution in [3.63, 3.8) is 0 Å². The van der Waals surface area contributed by atoms with Crippen molar-refractivity contribution in [3.05, 3.63) is 53.7 Å². The van der Waals surface area contributed by atoms with Crippen molar-refractivity contribution in [2.24, 2.45) is 0 Å². The van der Waals surface area contributed by atoms with Crippen LogP contribution in [0.3, 0.4) is 0 Å². The summed E-state index contributed by atoms with van der Waals surface area (Å²) in [7, 11) is -4.29. The largest absolute Gasteiger partial charge is 0.417 e. The van der Waals surface area contributed by atoms with Gasteiger partial charge in [-0.3, -0.25) is 4.79 Å². The van der Waals surface area contributed by atoms with E-state index in [4.69, 9.17) is 0 Å². The Morgan fingerprint density at radius 2 is 1.72 bits per heavy atom. The fraction of sp³-hybridized carbons (Fsp3) is 0.368. The number of benzene rings is 1. The summed E-state index contributed by atoms with van der Waals surface area (Å²) in [6, 6.07) is 9.23. The molecule has 0 aliphatic rings. The molecule has 0 atom stereocenters. The number of hydrogen-bond acceptors (Lipinski definition) is 5. The first-order valence-electron chi connectivity index (χ1n) is 8.61. The van der Waals surface area contributed by atoms with Gasteiger partial charge in [-0.05, 0) is 45.0 Å². The maximum Gasteiger partial charge on any atom is 0.417 e. The number of halogens is 3. The van der Waals surface area contributed by atoms with Crippen LogP contribution in [0.4, 0.5) is 13.2 Å². The number of amides is 1. The first-order valence-corrected chi connectivity index (χ1v) is 11.1. The summed E-state index contributed by atoms with van der Waals surface area (Å²) < 4.78 is 61.5.